The molecule has 0 saturated carbocycles. The molecule has 0 amide bonds. The zero-order chi connectivity index (χ0) is 29.7. The number of hydrogen-bond donors (Lipinski definition) is 0. The van der Waals surface area contributed by atoms with Crippen molar-refractivity contribution >= 4 is 51.9 Å². The second-order valence-corrected chi connectivity index (χ2v) is 11.0. The van der Waals surface area contributed by atoms with Gasteiger partial charge in [-0.2, -0.15) is 0 Å². The molecule has 0 N–H and O–H groups in total. The predicted octanol–water partition coefficient (Wildman–Crippen LogP) is 4.29. The maximum absolute atomic E-state index is 13.9. The van der Waals surface area contributed by atoms with Crippen LogP contribution < -0.4 is 29.1 Å². The van der Waals surface area contributed by atoms with E-state index in [4.69, 9.17) is 18.9 Å². The van der Waals surface area contributed by atoms with Crippen molar-refractivity contribution in [1.29, 1.82) is 0 Å². The Labute approximate surface area is 254 Å². The number of halogens is 1. The van der Waals surface area contributed by atoms with Gasteiger partial charge in [0.1, 0.15) is 12.4 Å². The molecule has 1 aliphatic heterocycles. The van der Waals surface area contributed by atoms with Crippen LogP contribution >= 0.6 is 33.9 Å². The molecule has 4 rings (SSSR count). The molecule has 0 radical (unpaired) electrons. The standard InChI is InChI=1S/C30H29IN2O7S/c1-6-13-39-21-11-9-20(10-12-21)26-25(29(36)38-8-3)17(4)32-30-33(26)28(35)24(41-30)16-19-14-22(31)27(40-18(5)34)23(15-19)37-7-2/h6,9-12,14-16,26H,1,7-8,13H2,2-5H3/b24-16-/t26-/m0/s1. The van der Waals surface area contributed by atoms with Gasteiger partial charge in [0, 0.05) is 6.92 Å². The molecule has 1 aliphatic rings. The fraction of sp³-hybridized carbons (Fsp3) is 0.267. The van der Waals surface area contributed by atoms with Gasteiger partial charge in [-0.25, -0.2) is 9.79 Å². The number of ether oxygens (including phenoxy) is 4. The molecular weight excluding hydrogens is 659 g/mol. The average Bonchev–Trinajstić information content (AvgIpc) is 3.23. The Morgan fingerprint density at radius 2 is 1.88 bits per heavy atom. The maximum Gasteiger partial charge on any atom is 0.338 e. The molecule has 3 aromatic rings. The van der Waals surface area contributed by atoms with Crippen LogP contribution in [0.15, 0.2) is 70.1 Å². The van der Waals surface area contributed by atoms with Crippen LogP contribution in [0.3, 0.4) is 0 Å². The predicted molar refractivity (Wildman–Crippen MR) is 164 cm³/mol. The van der Waals surface area contributed by atoms with Gasteiger partial charge >= 0.3 is 11.9 Å². The Bertz CT molecular complexity index is 1700. The van der Waals surface area contributed by atoms with Crippen LogP contribution in [0, 0.1) is 3.57 Å². The van der Waals surface area contributed by atoms with E-state index < -0.39 is 18.0 Å². The van der Waals surface area contributed by atoms with Crippen LogP contribution in [-0.4, -0.2) is 36.3 Å². The normalized spacial score (nSPS) is 14.7. The fourth-order valence-electron chi connectivity index (χ4n) is 4.34. The molecule has 0 bridgehead atoms. The highest BCUT2D eigenvalue weighted by atomic mass is 127. The van der Waals surface area contributed by atoms with Crippen molar-refractivity contribution < 1.29 is 28.5 Å². The van der Waals surface area contributed by atoms with Crippen LogP contribution in [-0.2, 0) is 14.3 Å². The van der Waals surface area contributed by atoms with Crippen LogP contribution in [0.2, 0.25) is 0 Å². The van der Waals surface area contributed by atoms with E-state index in [-0.39, 0.29) is 12.2 Å². The van der Waals surface area contributed by atoms with Gasteiger partial charge < -0.3 is 18.9 Å². The fourth-order valence-corrected chi connectivity index (χ4v) is 6.12. The van der Waals surface area contributed by atoms with Crippen LogP contribution in [0.4, 0.5) is 0 Å². The summed E-state index contributed by atoms with van der Waals surface area (Å²) in [7, 11) is 0. The first kappa shape index (κ1) is 30.3. The third-order valence-electron chi connectivity index (χ3n) is 5.96. The molecule has 0 unspecified atom stereocenters. The molecule has 1 aromatic heterocycles. The van der Waals surface area contributed by atoms with Crippen molar-refractivity contribution in [2.75, 3.05) is 19.8 Å². The summed E-state index contributed by atoms with van der Waals surface area (Å²) in [5.41, 5.74) is 1.86. The van der Waals surface area contributed by atoms with Crippen molar-refractivity contribution in [3.05, 3.63) is 94.7 Å². The Balaban J connectivity index is 1.88. The monoisotopic (exact) mass is 688 g/mol. The van der Waals surface area contributed by atoms with E-state index in [2.05, 4.69) is 34.2 Å². The van der Waals surface area contributed by atoms with Crippen molar-refractivity contribution in [3.63, 3.8) is 0 Å². The Hall–Kier alpha value is -3.71. The zero-order valence-corrected chi connectivity index (χ0v) is 26.0. The summed E-state index contributed by atoms with van der Waals surface area (Å²) < 4.78 is 24.6. The number of carbonyl (C=O) groups is 2. The van der Waals surface area contributed by atoms with Gasteiger partial charge in [-0.1, -0.05) is 36.1 Å². The highest BCUT2D eigenvalue weighted by Gasteiger charge is 2.33. The van der Waals surface area contributed by atoms with E-state index >= 15 is 0 Å². The van der Waals surface area contributed by atoms with Crippen LogP contribution in [0.25, 0.3) is 6.08 Å². The number of hydrogen-bond acceptors (Lipinski definition) is 9. The first-order chi connectivity index (χ1) is 19.7. The van der Waals surface area contributed by atoms with Gasteiger partial charge in [0.15, 0.2) is 16.3 Å². The quantitative estimate of drug-likeness (QED) is 0.136. The summed E-state index contributed by atoms with van der Waals surface area (Å²) in [5.74, 6) is 0.367. The summed E-state index contributed by atoms with van der Waals surface area (Å²) in [6.45, 7) is 11.2. The number of carbonyl (C=O) groups excluding carboxylic acids is 2. The largest absolute Gasteiger partial charge is 0.490 e. The van der Waals surface area contributed by atoms with Crippen molar-refractivity contribution in [2.24, 2.45) is 4.99 Å². The van der Waals surface area contributed by atoms with Crippen molar-refractivity contribution in [3.8, 4) is 17.2 Å². The van der Waals surface area contributed by atoms with E-state index in [1.807, 2.05) is 19.1 Å². The molecule has 2 aromatic carbocycles. The average molecular weight is 689 g/mol. The van der Waals surface area contributed by atoms with Crippen molar-refractivity contribution in [1.82, 2.24) is 4.57 Å². The Morgan fingerprint density at radius 1 is 1.15 bits per heavy atom. The third kappa shape index (κ3) is 6.62. The number of thiazole rings is 1. The van der Waals surface area contributed by atoms with Gasteiger partial charge in [-0.15, -0.1) is 0 Å². The number of rotatable bonds is 10. The maximum atomic E-state index is 13.9. The van der Waals surface area contributed by atoms with Crippen LogP contribution in [0.1, 0.15) is 44.9 Å². The molecule has 0 spiro atoms. The summed E-state index contributed by atoms with van der Waals surface area (Å²) in [6, 6.07) is 9.99. The Morgan fingerprint density at radius 3 is 2.51 bits per heavy atom. The second-order valence-electron chi connectivity index (χ2n) is 8.83. The second kappa shape index (κ2) is 13.3. The van der Waals surface area contributed by atoms with E-state index in [0.717, 1.165) is 0 Å². The highest BCUT2D eigenvalue weighted by molar-refractivity contribution is 14.1. The topological polar surface area (TPSA) is 105 Å². The van der Waals surface area contributed by atoms with Gasteiger partial charge in [-0.3, -0.25) is 14.2 Å². The van der Waals surface area contributed by atoms with Gasteiger partial charge in [0.25, 0.3) is 5.56 Å². The lowest BCUT2D eigenvalue weighted by Crippen LogP contribution is -2.39. The molecule has 214 valence electrons. The molecule has 1 atom stereocenters. The lowest BCUT2D eigenvalue weighted by molar-refractivity contribution is -0.139. The molecule has 0 aliphatic carbocycles. The highest BCUT2D eigenvalue weighted by Crippen LogP contribution is 2.35. The third-order valence-corrected chi connectivity index (χ3v) is 7.74. The molecule has 11 heteroatoms. The molecule has 0 saturated heterocycles. The first-order valence-electron chi connectivity index (χ1n) is 12.9. The SMILES string of the molecule is C=CCOc1ccc([C@H]2C(C(=O)OCC)=C(C)N=c3s/c(=C\c4cc(I)c(OC(C)=O)c(OCC)c4)c(=O)n32)cc1. The van der Waals surface area contributed by atoms with Gasteiger partial charge in [0.05, 0.1) is 38.6 Å². The number of fused-ring (bicyclic) bond motifs is 1. The summed E-state index contributed by atoms with van der Waals surface area (Å²) in [4.78, 5) is 43.7. The first-order valence-corrected chi connectivity index (χ1v) is 14.8. The molecule has 9 nitrogen and oxygen atoms in total. The molecular formula is C30H29IN2O7S. The van der Waals surface area contributed by atoms with Gasteiger partial charge in [0.2, 0.25) is 0 Å². The number of esters is 2. The number of allylic oxidation sites excluding steroid dienone is 1. The van der Waals surface area contributed by atoms with E-state index in [1.165, 1.54) is 22.8 Å². The van der Waals surface area contributed by atoms with E-state index in [0.29, 0.717) is 65.8 Å². The summed E-state index contributed by atoms with van der Waals surface area (Å²) in [5, 5.41) is 0. The summed E-state index contributed by atoms with van der Waals surface area (Å²) >= 11 is 3.28. The molecule has 41 heavy (non-hydrogen) atoms. The lowest BCUT2D eigenvalue weighted by atomic mass is 9.96. The van der Waals surface area contributed by atoms with Gasteiger partial charge in [-0.05, 0) is 84.8 Å². The minimum atomic E-state index is -0.744. The van der Waals surface area contributed by atoms with E-state index in [9.17, 15) is 14.4 Å². The molecule has 0 fully saturated rings. The smallest absolute Gasteiger partial charge is 0.338 e. The van der Waals surface area contributed by atoms with Crippen LogP contribution in [0.5, 0.6) is 17.2 Å². The summed E-state index contributed by atoms with van der Waals surface area (Å²) in [6.07, 6.45) is 3.39. The number of aromatic nitrogens is 1. The lowest BCUT2D eigenvalue weighted by Gasteiger charge is -2.24. The Kier molecular flexibility index (Phi) is 9.81. The number of benzene rings is 2. The zero-order valence-electron chi connectivity index (χ0n) is 23.1. The minimum absolute atomic E-state index is 0.186. The minimum Gasteiger partial charge on any atom is -0.490 e. The number of nitrogens with zero attached hydrogens (tertiary/aromatic N) is 2. The van der Waals surface area contributed by atoms with E-state index in [1.54, 1.807) is 50.3 Å². The molecule has 2 heterocycles. The van der Waals surface area contributed by atoms with Crippen molar-refractivity contribution in [2.45, 2.75) is 33.7 Å².